The van der Waals surface area contributed by atoms with E-state index in [2.05, 4.69) is 22.2 Å². The number of anilines is 1. The van der Waals surface area contributed by atoms with Crippen molar-refractivity contribution in [3.63, 3.8) is 0 Å². The van der Waals surface area contributed by atoms with E-state index in [1.54, 1.807) is 12.1 Å². The predicted molar refractivity (Wildman–Crippen MR) is 123 cm³/mol. The van der Waals surface area contributed by atoms with Crippen LogP contribution in [0.1, 0.15) is 41.0 Å². The van der Waals surface area contributed by atoms with Crippen LogP contribution in [0, 0.1) is 25.6 Å². The topological polar surface area (TPSA) is 58.1 Å². The summed E-state index contributed by atoms with van der Waals surface area (Å²) < 4.78 is 13.4. The Morgan fingerprint density at radius 3 is 2.71 bits per heavy atom. The summed E-state index contributed by atoms with van der Waals surface area (Å²) in [5, 5.41) is 4.24. The third-order valence-corrected chi connectivity index (χ3v) is 6.82. The van der Waals surface area contributed by atoms with Crippen molar-refractivity contribution in [2.45, 2.75) is 39.7 Å². The first-order chi connectivity index (χ1) is 14.9. The second kappa shape index (κ2) is 9.14. The highest BCUT2D eigenvalue weighted by atomic mass is 32.1. The van der Waals surface area contributed by atoms with Crippen LogP contribution in [-0.4, -0.2) is 39.9 Å². The Morgan fingerprint density at radius 2 is 1.97 bits per heavy atom. The maximum Gasteiger partial charge on any atom is 0.274 e. The molecule has 1 saturated heterocycles. The number of likely N-dealkylation sites (tertiary alicyclic amines) is 1. The molecule has 0 radical (unpaired) electrons. The van der Waals surface area contributed by atoms with Gasteiger partial charge in [0.1, 0.15) is 17.3 Å². The van der Waals surface area contributed by atoms with Crippen molar-refractivity contribution in [1.29, 1.82) is 0 Å². The zero-order chi connectivity index (χ0) is 22.0. The summed E-state index contributed by atoms with van der Waals surface area (Å²) in [6.07, 6.45) is 2.05. The number of amides is 1. The minimum atomic E-state index is -0.293. The maximum absolute atomic E-state index is 13.6. The lowest BCUT2D eigenvalue weighted by Crippen LogP contribution is -2.51. The summed E-state index contributed by atoms with van der Waals surface area (Å²) in [4.78, 5) is 25.5. The van der Waals surface area contributed by atoms with Crippen molar-refractivity contribution in [3.05, 3.63) is 64.7 Å². The van der Waals surface area contributed by atoms with Gasteiger partial charge >= 0.3 is 0 Å². The van der Waals surface area contributed by atoms with Crippen molar-refractivity contribution < 1.29 is 9.18 Å². The van der Waals surface area contributed by atoms with Gasteiger partial charge in [-0.05, 0) is 62.4 Å². The monoisotopic (exact) mass is 438 g/mol. The van der Waals surface area contributed by atoms with Crippen LogP contribution in [-0.2, 0) is 0 Å². The van der Waals surface area contributed by atoms with Gasteiger partial charge in [0, 0.05) is 18.8 Å². The molecule has 3 aromatic rings. The van der Waals surface area contributed by atoms with Crippen LogP contribution in [0.5, 0.6) is 0 Å². The third kappa shape index (κ3) is 4.77. The Labute approximate surface area is 186 Å². The number of aryl methyl sites for hydroxylation is 2. The Kier molecular flexibility index (Phi) is 6.32. The number of nitrogens with zero attached hydrogens (tertiary/aromatic N) is 3. The molecular formula is C24H27FN4OS. The quantitative estimate of drug-likeness (QED) is 0.586. The first-order valence-corrected chi connectivity index (χ1v) is 11.5. The van der Waals surface area contributed by atoms with Crippen molar-refractivity contribution in [2.75, 3.05) is 18.4 Å². The van der Waals surface area contributed by atoms with E-state index < -0.39 is 0 Å². The van der Waals surface area contributed by atoms with Gasteiger partial charge in [-0.25, -0.2) is 14.4 Å². The van der Waals surface area contributed by atoms with E-state index in [0.29, 0.717) is 24.7 Å². The van der Waals surface area contributed by atoms with Crippen LogP contribution in [0.3, 0.4) is 0 Å². The number of halogens is 1. The van der Waals surface area contributed by atoms with E-state index in [9.17, 15) is 9.18 Å². The molecule has 5 nitrogen and oxygen atoms in total. The van der Waals surface area contributed by atoms with E-state index in [-0.39, 0.29) is 17.8 Å². The van der Waals surface area contributed by atoms with Crippen LogP contribution in [0.4, 0.5) is 10.2 Å². The molecule has 31 heavy (non-hydrogen) atoms. The van der Waals surface area contributed by atoms with Crippen molar-refractivity contribution in [2.24, 2.45) is 5.92 Å². The minimum Gasteiger partial charge on any atom is -0.368 e. The van der Waals surface area contributed by atoms with E-state index in [0.717, 1.165) is 39.8 Å². The zero-order valence-corrected chi connectivity index (χ0v) is 18.9. The molecule has 0 saturated carbocycles. The molecule has 2 unspecified atom stereocenters. The van der Waals surface area contributed by atoms with Crippen molar-refractivity contribution >= 4 is 23.1 Å². The standard InChI is InChI=1S/C24H27FN4OS/c1-15-6-5-13-29(20(15)14-26-21-8-4-7-16(2)27-21)24(30)22-23(31-17(3)28-22)18-9-11-19(25)12-10-18/h4,7-12,15,20H,5-6,13-14H2,1-3H3,(H,26,27). The average molecular weight is 439 g/mol. The van der Waals surface area contributed by atoms with Crippen LogP contribution >= 0.6 is 11.3 Å². The minimum absolute atomic E-state index is 0.0478. The fraction of sp³-hybridized carbons (Fsp3) is 0.375. The molecule has 0 spiro atoms. The number of benzene rings is 1. The Balaban J connectivity index is 1.59. The lowest BCUT2D eigenvalue weighted by Gasteiger charge is -2.40. The fourth-order valence-electron chi connectivity index (χ4n) is 4.17. The van der Waals surface area contributed by atoms with Gasteiger partial charge in [-0.2, -0.15) is 0 Å². The van der Waals surface area contributed by atoms with Gasteiger partial charge in [0.15, 0.2) is 0 Å². The number of carbonyl (C=O) groups excluding carboxylic acids is 1. The molecule has 162 valence electrons. The van der Waals surface area contributed by atoms with Gasteiger partial charge in [-0.3, -0.25) is 4.79 Å². The number of piperidine rings is 1. The molecule has 4 rings (SSSR count). The SMILES string of the molecule is Cc1cccc(NCC2C(C)CCCN2C(=O)c2nc(C)sc2-c2ccc(F)cc2)n1. The molecule has 1 aliphatic heterocycles. The molecule has 1 aromatic carbocycles. The van der Waals surface area contributed by atoms with Gasteiger partial charge in [0.05, 0.1) is 15.9 Å². The van der Waals surface area contributed by atoms with Crippen LogP contribution in [0.15, 0.2) is 42.5 Å². The van der Waals surface area contributed by atoms with E-state index >= 15 is 0 Å². The summed E-state index contributed by atoms with van der Waals surface area (Å²) in [5.74, 6) is 0.837. The number of hydrogen-bond donors (Lipinski definition) is 1. The number of carbonyl (C=O) groups is 1. The smallest absolute Gasteiger partial charge is 0.274 e. The number of thiazole rings is 1. The Bertz CT molecular complexity index is 1070. The van der Waals surface area contributed by atoms with Gasteiger partial charge in [0.25, 0.3) is 5.91 Å². The van der Waals surface area contributed by atoms with Gasteiger partial charge < -0.3 is 10.2 Å². The van der Waals surface area contributed by atoms with Crippen molar-refractivity contribution in [1.82, 2.24) is 14.9 Å². The van der Waals surface area contributed by atoms with E-state index in [1.807, 2.05) is 36.9 Å². The second-order valence-corrected chi connectivity index (χ2v) is 9.35. The first kappa shape index (κ1) is 21.4. The molecule has 1 fully saturated rings. The van der Waals surface area contributed by atoms with Gasteiger partial charge in [-0.15, -0.1) is 11.3 Å². The Hall–Kier alpha value is -2.80. The molecule has 0 bridgehead atoms. The number of nitrogens with one attached hydrogen (secondary N) is 1. The lowest BCUT2D eigenvalue weighted by atomic mass is 9.90. The second-order valence-electron chi connectivity index (χ2n) is 8.15. The summed E-state index contributed by atoms with van der Waals surface area (Å²) >= 11 is 1.47. The Morgan fingerprint density at radius 1 is 1.19 bits per heavy atom. The molecular weight excluding hydrogens is 411 g/mol. The summed E-state index contributed by atoms with van der Waals surface area (Å²) in [7, 11) is 0. The summed E-state index contributed by atoms with van der Waals surface area (Å²) in [6.45, 7) is 7.40. The van der Waals surface area contributed by atoms with E-state index in [1.165, 1.54) is 23.5 Å². The van der Waals surface area contributed by atoms with Gasteiger partial charge in [0.2, 0.25) is 0 Å². The molecule has 7 heteroatoms. The average Bonchev–Trinajstić information content (AvgIpc) is 3.14. The van der Waals surface area contributed by atoms with Crippen molar-refractivity contribution in [3.8, 4) is 10.4 Å². The molecule has 1 N–H and O–H groups in total. The zero-order valence-electron chi connectivity index (χ0n) is 18.1. The highest BCUT2D eigenvalue weighted by Gasteiger charge is 2.34. The highest BCUT2D eigenvalue weighted by molar-refractivity contribution is 7.15. The molecule has 2 aromatic heterocycles. The summed E-state index contributed by atoms with van der Waals surface area (Å²) in [6, 6.07) is 12.2. The first-order valence-electron chi connectivity index (χ1n) is 10.6. The lowest BCUT2D eigenvalue weighted by molar-refractivity contribution is 0.0535. The number of hydrogen-bond acceptors (Lipinski definition) is 5. The number of pyridine rings is 1. The van der Waals surface area contributed by atoms with Crippen LogP contribution in [0.2, 0.25) is 0 Å². The largest absolute Gasteiger partial charge is 0.368 e. The van der Waals surface area contributed by atoms with Gasteiger partial charge in [-0.1, -0.05) is 25.1 Å². The number of rotatable bonds is 5. The highest BCUT2D eigenvalue weighted by Crippen LogP contribution is 2.33. The van der Waals surface area contributed by atoms with Crippen LogP contribution < -0.4 is 5.32 Å². The van der Waals surface area contributed by atoms with Crippen LogP contribution in [0.25, 0.3) is 10.4 Å². The predicted octanol–water partition coefficient (Wildman–Crippen LogP) is 5.31. The van der Waals surface area contributed by atoms with E-state index in [4.69, 9.17) is 0 Å². The maximum atomic E-state index is 13.6. The number of aromatic nitrogens is 2. The molecule has 3 heterocycles. The third-order valence-electron chi connectivity index (χ3n) is 5.80. The molecule has 0 aliphatic carbocycles. The normalized spacial score (nSPS) is 18.8. The summed E-state index contributed by atoms with van der Waals surface area (Å²) in [5.41, 5.74) is 2.23. The molecule has 1 amide bonds. The molecule has 2 atom stereocenters. The molecule has 1 aliphatic rings. The fourth-order valence-corrected chi connectivity index (χ4v) is 5.08.